The molecule has 0 unspecified atom stereocenters. The van der Waals surface area contributed by atoms with E-state index < -0.39 is 0 Å². The lowest BCUT2D eigenvalue weighted by atomic mass is 10.1. The summed E-state index contributed by atoms with van der Waals surface area (Å²) in [4.78, 5) is 11.3. The summed E-state index contributed by atoms with van der Waals surface area (Å²) in [6.45, 7) is 2.74. The van der Waals surface area contributed by atoms with Gasteiger partial charge in [-0.15, -0.1) is 10.2 Å². The second-order valence-electron chi connectivity index (χ2n) is 7.39. The minimum Gasteiger partial charge on any atom is -0.415 e. The Kier molecular flexibility index (Phi) is 5.65. The zero-order valence-corrected chi connectivity index (χ0v) is 17.2. The van der Waals surface area contributed by atoms with E-state index in [4.69, 9.17) is 9.40 Å². The van der Waals surface area contributed by atoms with Gasteiger partial charge in [-0.25, -0.2) is 4.98 Å². The van der Waals surface area contributed by atoms with Crippen molar-refractivity contribution in [2.24, 2.45) is 0 Å². The Labute approximate surface area is 176 Å². The highest BCUT2D eigenvalue weighted by atomic mass is 16.4. The number of hydrogen-bond acceptors (Lipinski definition) is 7. The largest absolute Gasteiger partial charge is 0.415 e. The average Bonchev–Trinajstić information content (AvgIpc) is 3.24. The molecule has 0 aliphatic rings. The van der Waals surface area contributed by atoms with Crippen molar-refractivity contribution >= 4 is 0 Å². The van der Waals surface area contributed by atoms with Crippen LogP contribution in [0.15, 0.2) is 59.1 Å². The Morgan fingerprint density at radius 3 is 2.20 bits per heavy atom. The lowest BCUT2D eigenvalue weighted by molar-refractivity contribution is 0.282. The highest BCUT2D eigenvalue weighted by Gasteiger charge is 2.16. The van der Waals surface area contributed by atoms with Gasteiger partial charge in [-0.1, -0.05) is 36.4 Å². The van der Waals surface area contributed by atoms with Crippen molar-refractivity contribution in [3.05, 3.63) is 71.5 Å². The van der Waals surface area contributed by atoms with Crippen molar-refractivity contribution in [2.75, 3.05) is 14.1 Å². The SMILES string of the molecule is Cc1ncc(-c2ccc(CN(C)C)cc2)nc1-c1nnc(-c2ccc(CO)cc2)o1.[HH]. The van der Waals surface area contributed by atoms with Crippen molar-refractivity contribution in [2.45, 2.75) is 20.1 Å². The average molecular weight is 403 g/mol. The van der Waals surface area contributed by atoms with Gasteiger partial charge in [-0.2, -0.15) is 0 Å². The number of aryl methyl sites for hydroxylation is 1. The molecule has 0 aliphatic carbocycles. The van der Waals surface area contributed by atoms with Crippen molar-refractivity contribution < 1.29 is 11.0 Å². The summed E-state index contributed by atoms with van der Waals surface area (Å²) in [5, 5.41) is 17.5. The summed E-state index contributed by atoms with van der Waals surface area (Å²) < 4.78 is 5.87. The Balaban J connectivity index is 0.00000272. The van der Waals surface area contributed by atoms with E-state index in [1.165, 1.54) is 5.56 Å². The molecule has 0 radical (unpaired) electrons. The summed E-state index contributed by atoms with van der Waals surface area (Å²) in [5.74, 6) is 0.724. The van der Waals surface area contributed by atoms with Crippen LogP contribution in [0.2, 0.25) is 0 Å². The maximum absolute atomic E-state index is 9.19. The van der Waals surface area contributed by atoms with E-state index in [-0.39, 0.29) is 8.03 Å². The van der Waals surface area contributed by atoms with Gasteiger partial charge in [0.25, 0.3) is 5.89 Å². The Morgan fingerprint density at radius 1 is 0.900 bits per heavy atom. The van der Waals surface area contributed by atoms with Gasteiger partial charge in [-0.05, 0) is 44.3 Å². The molecule has 0 fully saturated rings. The molecule has 30 heavy (non-hydrogen) atoms. The molecule has 4 aromatic rings. The van der Waals surface area contributed by atoms with E-state index in [0.717, 1.165) is 28.9 Å². The summed E-state index contributed by atoms with van der Waals surface area (Å²) in [5.41, 5.74) is 5.85. The predicted octanol–water partition coefficient (Wildman–Crippen LogP) is 3.97. The number of aliphatic hydroxyl groups is 1. The first-order chi connectivity index (χ1) is 14.5. The van der Waals surface area contributed by atoms with Crippen LogP contribution in [-0.2, 0) is 13.2 Å². The van der Waals surface area contributed by atoms with Crippen molar-refractivity contribution in [1.29, 1.82) is 0 Å². The van der Waals surface area contributed by atoms with Gasteiger partial charge in [0.2, 0.25) is 5.89 Å². The van der Waals surface area contributed by atoms with Crippen LogP contribution >= 0.6 is 0 Å². The fraction of sp³-hybridized carbons (Fsp3) is 0.217. The fourth-order valence-electron chi connectivity index (χ4n) is 3.13. The standard InChI is InChI=1S/C23H23N5O2.H2/c1-15-21(23-27-26-22(30-23)19-10-6-17(14-29)7-11-19)25-20(12-24-15)18-8-4-16(5-9-18)13-28(2)3;/h4-12,29H,13-14H2,1-3H3;1H. The number of nitrogens with zero attached hydrogens (tertiary/aromatic N) is 5. The molecule has 154 valence electrons. The van der Waals surface area contributed by atoms with Gasteiger partial charge < -0.3 is 14.4 Å². The van der Waals surface area contributed by atoms with Gasteiger partial charge in [0.1, 0.15) is 5.69 Å². The minimum absolute atomic E-state index is 0. The van der Waals surface area contributed by atoms with E-state index in [1.54, 1.807) is 6.20 Å². The molecule has 0 saturated heterocycles. The zero-order chi connectivity index (χ0) is 21.1. The highest BCUT2D eigenvalue weighted by molar-refractivity contribution is 5.63. The Morgan fingerprint density at radius 2 is 1.53 bits per heavy atom. The summed E-state index contributed by atoms with van der Waals surface area (Å²) in [6, 6.07) is 15.6. The third-order valence-corrected chi connectivity index (χ3v) is 4.71. The minimum atomic E-state index is -0.00688. The maximum Gasteiger partial charge on any atom is 0.268 e. The molecule has 0 bridgehead atoms. The van der Waals surface area contributed by atoms with Crippen molar-refractivity contribution in [3.63, 3.8) is 0 Å². The summed E-state index contributed by atoms with van der Waals surface area (Å²) >= 11 is 0. The van der Waals surface area contributed by atoms with Crippen LogP contribution in [0.25, 0.3) is 34.3 Å². The first-order valence-corrected chi connectivity index (χ1v) is 9.65. The van der Waals surface area contributed by atoms with Gasteiger partial charge in [0.15, 0.2) is 0 Å². The van der Waals surface area contributed by atoms with Crippen LogP contribution < -0.4 is 0 Å². The molecule has 2 aromatic carbocycles. The normalized spacial score (nSPS) is 11.2. The van der Waals surface area contributed by atoms with Gasteiger partial charge >= 0.3 is 0 Å². The van der Waals surface area contributed by atoms with Crippen LogP contribution in [0.1, 0.15) is 18.2 Å². The summed E-state index contributed by atoms with van der Waals surface area (Å²) in [6.07, 6.45) is 1.75. The predicted molar refractivity (Wildman–Crippen MR) is 116 cm³/mol. The second kappa shape index (κ2) is 8.52. The van der Waals surface area contributed by atoms with Gasteiger partial charge in [0.05, 0.1) is 24.2 Å². The Hall–Kier alpha value is -3.42. The quantitative estimate of drug-likeness (QED) is 0.521. The fourth-order valence-corrected chi connectivity index (χ4v) is 3.13. The molecule has 1 N–H and O–H groups in total. The van der Waals surface area contributed by atoms with E-state index in [9.17, 15) is 5.11 Å². The van der Waals surface area contributed by atoms with Crippen LogP contribution in [0.5, 0.6) is 0 Å². The molecule has 0 aliphatic heterocycles. The molecule has 0 spiro atoms. The molecule has 2 heterocycles. The first kappa shape index (κ1) is 19.9. The van der Waals surface area contributed by atoms with Crippen LogP contribution in [0, 0.1) is 6.92 Å². The molecule has 0 atom stereocenters. The van der Waals surface area contributed by atoms with E-state index >= 15 is 0 Å². The lowest BCUT2D eigenvalue weighted by Crippen LogP contribution is -2.10. The smallest absolute Gasteiger partial charge is 0.268 e. The molecule has 7 heteroatoms. The van der Waals surface area contributed by atoms with Gasteiger partial charge in [-0.3, -0.25) is 4.98 Å². The third-order valence-electron chi connectivity index (χ3n) is 4.71. The third kappa shape index (κ3) is 4.27. The maximum atomic E-state index is 9.19. The Bertz CT molecular complexity index is 1140. The number of aromatic nitrogens is 4. The molecule has 7 nitrogen and oxygen atoms in total. The zero-order valence-electron chi connectivity index (χ0n) is 17.2. The van der Waals surface area contributed by atoms with Crippen LogP contribution in [-0.4, -0.2) is 44.3 Å². The monoisotopic (exact) mass is 403 g/mol. The molecule has 4 rings (SSSR count). The lowest BCUT2D eigenvalue weighted by Gasteiger charge is -2.10. The molecule has 0 amide bonds. The molecule has 2 aromatic heterocycles. The van der Waals surface area contributed by atoms with Crippen LogP contribution in [0.3, 0.4) is 0 Å². The van der Waals surface area contributed by atoms with Crippen molar-refractivity contribution in [1.82, 2.24) is 25.1 Å². The second-order valence-corrected chi connectivity index (χ2v) is 7.39. The van der Waals surface area contributed by atoms with E-state index in [1.807, 2.05) is 57.4 Å². The van der Waals surface area contributed by atoms with E-state index in [0.29, 0.717) is 23.2 Å². The highest BCUT2D eigenvalue weighted by Crippen LogP contribution is 2.27. The molecular weight excluding hydrogens is 378 g/mol. The van der Waals surface area contributed by atoms with Gasteiger partial charge in [0, 0.05) is 19.1 Å². The molecule has 0 saturated carbocycles. The van der Waals surface area contributed by atoms with Crippen molar-refractivity contribution in [3.8, 4) is 34.3 Å². The molecular formula is C23H25N5O2. The van der Waals surface area contributed by atoms with E-state index in [2.05, 4.69) is 32.2 Å². The first-order valence-electron chi connectivity index (χ1n) is 9.65. The topological polar surface area (TPSA) is 88.2 Å². The summed E-state index contributed by atoms with van der Waals surface area (Å²) in [7, 11) is 4.09. The number of benzene rings is 2. The number of hydrogen-bond donors (Lipinski definition) is 1. The number of rotatable bonds is 6. The number of aliphatic hydroxyl groups excluding tert-OH is 1. The van der Waals surface area contributed by atoms with Crippen LogP contribution in [0.4, 0.5) is 0 Å².